The Balaban J connectivity index is 1.86. The van der Waals surface area contributed by atoms with Gasteiger partial charge in [0.15, 0.2) is 5.96 Å². The minimum atomic E-state index is -0.0985. The van der Waals surface area contributed by atoms with E-state index in [2.05, 4.69) is 73.6 Å². The number of rotatable bonds is 11. The van der Waals surface area contributed by atoms with Crippen LogP contribution < -0.4 is 10.6 Å². The van der Waals surface area contributed by atoms with Gasteiger partial charge < -0.3 is 25.0 Å². The van der Waals surface area contributed by atoms with E-state index in [9.17, 15) is 0 Å². The molecule has 0 radical (unpaired) electrons. The molecule has 6 nitrogen and oxygen atoms in total. The highest BCUT2D eigenvalue weighted by Crippen LogP contribution is 2.18. The van der Waals surface area contributed by atoms with Gasteiger partial charge in [0.25, 0.3) is 0 Å². The van der Waals surface area contributed by atoms with Crippen molar-refractivity contribution in [2.45, 2.75) is 64.6 Å². The molecule has 170 valence electrons. The van der Waals surface area contributed by atoms with Gasteiger partial charge in [0.05, 0.1) is 12.6 Å². The van der Waals surface area contributed by atoms with Crippen molar-refractivity contribution in [1.82, 2.24) is 15.5 Å². The quantitative estimate of drug-likeness (QED) is 0.327. The van der Waals surface area contributed by atoms with Gasteiger partial charge in [-0.2, -0.15) is 0 Å². The molecule has 1 aliphatic rings. The van der Waals surface area contributed by atoms with Gasteiger partial charge in [-0.05, 0) is 52.5 Å². The zero-order chi connectivity index (χ0) is 21.8. The number of hydrogen-bond acceptors (Lipinski definition) is 4. The summed E-state index contributed by atoms with van der Waals surface area (Å²) in [5, 5.41) is 7.21. The van der Waals surface area contributed by atoms with Crippen LogP contribution in [0.1, 0.15) is 58.6 Å². The molecule has 1 aliphatic heterocycles. The topological polar surface area (TPSA) is 58.1 Å². The van der Waals surface area contributed by atoms with Gasteiger partial charge in [-0.3, -0.25) is 4.99 Å². The maximum absolute atomic E-state index is 6.00. The van der Waals surface area contributed by atoms with Crippen molar-refractivity contribution in [3.8, 4) is 0 Å². The van der Waals surface area contributed by atoms with Crippen LogP contribution in [0.4, 0.5) is 0 Å². The van der Waals surface area contributed by atoms with Crippen LogP contribution >= 0.6 is 0 Å². The predicted molar refractivity (Wildman–Crippen MR) is 125 cm³/mol. The van der Waals surface area contributed by atoms with Gasteiger partial charge in [0.2, 0.25) is 0 Å². The fourth-order valence-corrected chi connectivity index (χ4v) is 3.84. The molecule has 6 heteroatoms. The normalized spacial score (nSPS) is 17.2. The molecular formula is C24H42N4O2. The van der Waals surface area contributed by atoms with Crippen molar-refractivity contribution >= 4 is 5.96 Å². The van der Waals surface area contributed by atoms with E-state index in [1.54, 1.807) is 7.11 Å². The van der Waals surface area contributed by atoms with Crippen molar-refractivity contribution < 1.29 is 9.47 Å². The van der Waals surface area contributed by atoms with Gasteiger partial charge >= 0.3 is 0 Å². The highest BCUT2D eigenvalue weighted by molar-refractivity contribution is 5.80. The molecule has 1 fully saturated rings. The molecule has 1 unspecified atom stereocenters. The first kappa shape index (κ1) is 24.6. The fourth-order valence-electron chi connectivity index (χ4n) is 3.84. The number of nitrogens with one attached hydrogen (secondary N) is 2. The lowest BCUT2D eigenvalue weighted by Gasteiger charge is -2.35. The fraction of sp³-hybridized carbons (Fsp3) is 0.708. The van der Waals surface area contributed by atoms with Crippen LogP contribution in [0.5, 0.6) is 0 Å². The van der Waals surface area contributed by atoms with E-state index in [0.29, 0.717) is 6.10 Å². The summed E-state index contributed by atoms with van der Waals surface area (Å²) in [7, 11) is 1.74. The van der Waals surface area contributed by atoms with E-state index < -0.39 is 0 Å². The maximum atomic E-state index is 6.00. The number of methoxy groups -OCH3 is 1. The van der Waals surface area contributed by atoms with Crippen LogP contribution in [0.15, 0.2) is 35.3 Å². The highest BCUT2D eigenvalue weighted by atomic mass is 16.5. The van der Waals surface area contributed by atoms with Gasteiger partial charge in [-0.1, -0.05) is 30.3 Å². The summed E-state index contributed by atoms with van der Waals surface area (Å²) in [6.45, 7) is 13.9. The lowest BCUT2D eigenvalue weighted by atomic mass is 10.0. The van der Waals surface area contributed by atoms with E-state index >= 15 is 0 Å². The predicted octanol–water partition coefficient (Wildman–Crippen LogP) is 3.60. The third-order valence-electron chi connectivity index (χ3n) is 5.45. The molecule has 30 heavy (non-hydrogen) atoms. The molecule has 1 heterocycles. The third-order valence-corrected chi connectivity index (χ3v) is 5.45. The highest BCUT2D eigenvalue weighted by Gasteiger charge is 2.24. The molecule has 0 aromatic heterocycles. The zero-order valence-electron chi connectivity index (χ0n) is 19.6. The van der Waals surface area contributed by atoms with E-state index in [-0.39, 0.29) is 11.6 Å². The molecule has 0 bridgehead atoms. The molecule has 2 N–H and O–H groups in total. The van der Waals surface area contributed by atoms with Crippen LogP contribution in [0, 0.1) is 0 Å². The van der Waals surface area contributed by atoms with Crippen molar-refractivity contribution in [3.63, 3.8) is 0 Å². The molecule has 0 saturated carbocycles. The summed E-state index contributed by atoms with van der Waals surface area (Å²) in [5.41, 5.74) is 1.20. The second-order valence-electron chi connectivity index (χ2n) is 8.73. The Kier molecular flexibility index (Phi) is 10.6. The summed E-state index contributed by atoms with van der Waals surface area (Å²) < 4.78 is 11.1. The number of guanidine groups is 1. The smallest absolute Gasteiger partial charge is 0.193 e. The number of likely N-dealkylation sites (tertiary alicyclic amines) is 1. The molecule has 1 aromatic rings. The lowest BCUT2D eigenvalue weighted by Crippen LogP contribution is -2.49. The SMILES string of the molecule is CCNC(=NCC(C)(C)NC(C)c1ccccc1)N1CCC(OCCCOC)CC1. The molecule has 1 aromatic carbocycles. The van der Waals surface area contributed by atoms with Crippen molar-refractivity contribution in [2.75, 3.05) is 46.5 Å². The first-order chi connectivity index (χ1) is 14.4. The van der Waals surface area contributed by atoms with Crippen molar-refractivity contribution in [1.29, 1.82) is 0 Å². The Bertz CT molecular complexity index is 613. The van der Waals surface area contributed by atoms with Crippen LogP contribution in [-0.4, -0.2) is 69.0 Å². The molecule has 0 spiro atoms. The first-order valence-electron chi connectivity index (χ1n) is 11.4. The number of ether oxygens (including phenoxy) is 2. The second-order valence-corrected chi connectivity index (χ2v) is 8.73. The summed E-state index contributed by atoms with van der Waals surface area (Å²) in [5.74, 6) is 1.01. The van der Waals surface area contributed by atoms with Crippen molar-refractivity contribution in [2.24, 2.45) is 4.99 Å². The van der Waals surface area contributed by atoms with Crippen molar-refractivity contribution in [3.05, 3.63) is 35.9 Å². The molecule has 0 amide bonds. The Morgan fingerprint density at radius 1 is 1.20 bits per heavy atom. The zero-order valence-corrected chi connectivity index (χ0v) is 19.6. The number of nitrogens with zero attached hydrogens (tertiary/aromatic N) is 2. The number of piperidine rings is 1. The number of benzene rings is 1. The Labute approximate surface area is 183 Å². The Hall–Kier alpha value is -1.63. The second kappa shape index (κ2) is 12.9. The number of hydrogen-bond donors (Lipinski definition) is 2. The minimum Gasteiger partial charge on any atom is -0.385 e. The summed E-state index contributed by atoms with van der Waals surface area (Å²) >= 11 is 0. The summed E-state index contributed by atoms with van der Waals surface area (Å²) in [4.78, 5) is 7.35. The van der Waals surface area contributed by atoms with Crippen LogP contribution in [0.25, 0.3) is 0 Å². The van der Waals surface area contributed by atoms with E-state index in [4.69, 9.17) is 14.5 Å². The molecular weight excluding hydrogens is 376 g/mol. The van der Waals surface area contributed by atoms with Gasteiger partial charge in [-0.25, -0.2) is 0 Å². The number of aliphatic imine (C=N–C) groups is 1. The average molecular weight is 419 g/mol. The standard InChI is InChI=1S/C24H42N4O2/c1-6-25-23(28-15-13-22(14-16-28)30-18-10-17-29-5)26-19-24(3,4)27-20(2)21-11-8-7-9-12-21/h7-9,11-12,20,22,27H,6,10,13-19H2,1-5H3,(H,25,26). The lowest BCUT2D eigenvalue weighted by molar-refractivity contribution is 0.00988. The summed E-state index contributed by atoms with van der Waals surface area (Å²) in [6, 6.07) is 10.9. The molecule has 2 rings (SSSR count). The van der Waals surface area contributed by atoms with E-state index in [1.807, 2.05) is 0 Å². The van der Waals surface area contributed by atoms with E-state index in [0.717, 1.165) is 64.6 Å². The van der Waals surface area contributed by atoms with E-state index in [1.165, 1.54) is 5.56 Å². The Morgan fingerprint density at radius 3 is 2.53 bits per heavy atom. The van der Waals surface area contributed by atoms with Gasteiger partial charge in [0, 0.05) is 51.5 Å². The average Bonchev–Trinajstić information content (AvgIpc) is 2.75. The molecule has 0 aliphatic carbocycles. The van der Waals surface area contributed by atoms with Crippen LogP contribution in [0.3, 0.4) is 0 Å². The maximum Gasteiger partial charge on any atom is 0.193 e. The van der Waals surface area contributed by atoms with Crippen LogP contribution in [-0.2, 0) is 9.47 Å². The molecule has 1 saturated heterocycles. The van der Waals surface area contributed by atoms with Gasteiger partial charge in [-0.15, -0.1) is 0 Å². The van der Waals surface area contributed by atoms with Gasteiger partial charge in [0.1, 0.15) is 0 Å². The minimum absolute atomic E-state index is 0.0985. The third kappa shape index (κ3) is 8.62. The largest absolute Gasteiger partial charge is 0.385 e. The first-order valence-corrected chi connectivity index (χ1v) is 11.4. The monoisotopic (exact) mass is 418 g/mol. The Morgan fingerprint density at radius 2 is 1.90 bits per heavy atom. The molecule has 1 atom stereocenters. The summed E-state index contributed by atoms with van der Waals surface area (Å²) in [6.07, 6.45) is 3.41. The van der Waals surface area contributed by atoms with Crippen LogP contribution in [0.2, 0.25) is 0 Å².